The van der Waals surface area contributed by atoms with Gasteiger partial charge in [-0.2, -0.15) is 0 Å². The third kappa shape index (κ3) is 2.72. The molecule has 27 heavy (non-hydrogen) atoms. The van der Waals surface area contributed by atoms with E-state index in [4.69, 9.17) is 46.4 Å². The minimum absolute atomic E-state index is 0.0117. The number of pyridine rings is 2. The summed E-state index contributed by atoms with van der Waals surface area (Å²) < 4.78 is 0. The first-order valence-corrected chi connectivity index (χ1v) is 9.16. The van der Waals surface area contributed by atoms with Crippen LogP contribution in [0.1, 0.15) is 6.42 Å². The van der Waals surface area contributed by atoms with Crippen LogP contribution in [-0.2, 0) is 0 Å². The molecule has 142 valence electrons. The molecule has 3 fully saturated rings. The molecule has 1 aliphatic carbocycles. The number of halogens is 4. The molecule has 2 aliphatic heterocycles. The maximum atomic E-state index is 11.6. The van der Waals surface area contributed by atoms with Crippen molar-refractivity contribution in [2.24, 2.45) is 5.92 Å². The van der Waals surface area contributed by atoms with Crippen LogP contribution in [-0.4, -0.2) is 49.6 Å². The molecular formula is C14H9Cl4N5O4. The highest BCUT2D eigenvalue weighted by Crippen LogP contribution is 2.47. The number of fused-ring (bicyclic) bond motifs is 2. The molecular weight excluding hydrogens is 444 g/mol. The van der Waals surface area contributed by atoms with Gasteiger partial charge in [0.2, 0.25) is 5.15 Å². The van der Waals surface area contributed by atoms with E-state index in [2.05, 4.69) is 15.3 Å². The first kappa shape index (κ1) is 18.5. The van der Waals surface area contributed by atoms with Crippen LogP contribution in [0.25, 0.3) is 11.0 Å². The molecule has 3 unspecified atom stereocenters. The van der Waals surface area contributed by atoms with Crippen molar-refractivity contribution in [2.75, 3.05) is 11.9 Å². The molecule has 0 radical (unpaired) electrons. The van der Waals surface area contributed by atoms with Crippen molar-refractivity contribution in [3.8, 4) is 0 Å². The molecule has 0 aromatic carbocycles. The molecule has 5 rings (SSSR count). The summed E-state index contributed by atoms with van der Waals surface area (Å²) in [5.74, 6) is 0.0194. The first-order valence-electron chi connectivity index (χ1n) is 7.64. The minimum atomic E-state index is -1.03. The Kier molecular flexibility index (Phi) is 4.38. The molecule has 2 N–H and O–H groups in total. The fraction of sp³-hybridized carbons (Fsp3) is 0.357. The Hall–Kier alpha value is -1.81. The fourth-order valence-electron chi connectivity index (χ4n) is 3.66. The lowest BCUT2D eigenvalue weighted by molar-refractivity contribution is -0.384. The molecule has 3 atom stereocenters. The number of anilines is 1. The summed E-state index contributed by atoms with van der Waals surface area (Å²) in [5, 5.41) is 23.3. The minimum Gasteiger partial charge on any atom is -0.465 e. The number of nitrogens with one attached hydrogen (secondary N) is 1. The van der Waals surface area contributed by atoms with Gasteiger partial charge in [-0.05, 0) is 6.42 Å². The Morgan fingerprint density at radius 1 is 1.19 bits per heavy atom. The molecule has 2 aromatic heterocycles. The van der Waals surface area contributed by atoms with E-state index < -0.39 is 16.7 Å². The van der Waals surface area contributed by atoms with Gasteiger partial charge in [0.15, 0.2) is 0 Å². The maximum absolute atomic E-state index is 11.6. The Bertz CT molecular complexity index is 1020. The lowest BCUT2D eigenvalue weighted by Crippen LogP contribution is -2.49. The zero-order valence-electron chi connectivity index (χ0n) is 13.1. The Labute approximate surface area is 171 Å². The summed E-state index contributed by atoms with van der Waals surface area (Å²) >= 11 is 24.2. The average Bonchev–Trinajstić information content (AvgIpc) is 3.18. The summed E-state index contributed by atoms with van der Waals surface area (Å²) in [5.41, 5.74) is -0.397. The van der Waals surface area contributed by atoms with Crippen molar-refractivity contribution in [1.82, 2.24) is 14.9 Å². The van der Waals surface area contributed by atoms with Crippen molar-refractivity contribution in [1.29, 1.82) is 0 Å². The number of hydrogen-bond acceptors (Lipinski definition) is 6. The SMILES string of the molecule is O=C(O)N1CC2CC1C2Nc1c([N+](=O)[O-])c(Cl)nc2c(Cl)c(Cl)c(Cl)nc12. The zero-order valence-corrected chi connectivity index (χ0v) is 16.1. The maximum Gasteiger partial charge on any atom is 0.407 e. The van der Waals surface area contributed by atoms with Gasteiger partial charge < -0.3 is 15.3 Å². The fourth-order valence-corrected chi connectivity index (χ4v) is 4.49. The van der Waals surface area contributed by atoms with E-state index in [9.17, 15) is 20.0 Å². The number of amides is 1. The molecule has 9 nitrogen and oxygen atoms in total. The van der Waals surface area contributed by atoms with Gasteiger partial charge in [-0.3, -0.25) is 10.1 Å². The lowest BCUT2D eigenvalue weighted by atomic mass is 9.80. The number of carbonyl (C=O) groups is 1. The van der Waals surface area contributed by atoms with Crippen LogP contribution in [0.3, 0.4) is 0 Å². The highest BCUT2D eigenvalue weighted by atomic mass is 35.5. The van der Waals surface area contributed by atoms with Gasteiger partial charge in [0.25, 0.3) is 0 Å². The summed E-state index contributed by atoms with van der Waals surface area (Å²) in [7, 11) is 0. The largest absolute Gasteiger partial charge is 0.465 e. The van der Waals surface area contributed by atoms with Crippen molar-refractivity contribution in [3.63, 3.8) is 0 Å². The molecule has 1 amide bonds. The molecule has 0 spiro atoms. The van der Waals surface area contributed by atoms with Gasteiger partial charge in [-0.15, -0.1) is 0 Å². The second-order valence-electron chi connectivity index (χ2n) is 6.28. The summed E-state index contributed by atoms with van der Waals surface area (Å²) in [6.07, 6.45) is -0.357. The average molecular weight is 453 g/mol. The smallest absolute Gasteiger partial charge is 0.407 e. The number of nitro groups is 1. The Morgan fingerprint density at radius 3 is 2.44 bits per heavy atom. The summed E-state index contributed by atoms with van der Waals surface area (Å²) in [4.78, 5) is 31.5. The highest BCUT2D eigenvalue weighted by molar-refractivity contribution is 6.50. The number of carboxylic acid groups (broad SMARTS) is 1. The monoisotopic (exact) mass is 451 g/mol. The van der Waals surface area contributed by atoms with E-state index in [1.807, 2.05) is 0 Å². The van der Waals surface area contributed by atoms with Gasteiger partial charge in [-0.25, -0.2) is 14.8 Å². The number of rotatable bonds is 3. The Balaban J connectivity index is 1.87. The lowest BCUT2D eigenvalue weighted by Gasteiger charge is -2.36. The molecule has 13 heteroatoms. The second kappa shape index (κ2) is 6.37. The molecule has 2 bridgehead atoms. The van der Waals surface area contributed by atoms with Gasteiger partial charge in [-0.1, -0.05) is 46.4 Å². The molecule has 4 heterocycles. The van der Waals surface area contributed by atoms with Crippen LogP contribution in [0.15, 0.2) is 0 Å². The van der Waals surface area contributed by atoms with E-state index in [1.54, 1.807) is 0 Å². The van der Waals surface area contributed by atoms with E-state index in [1.165, 1.54) is 4.90 Å². The van der Waals surface area contributed by atoms with Crippen LogP contribution in [0.5, 0.6) is 0 Å². The molecule has 3 aliphatic rings. The summed E-state index contributed by atoms with van der Waals surface area (Å²) in [6.45, 7) is 0.350. The van der Waals surface area contributed by atoms with Crippen molar-refractivity contribution >= 4 is 74.9 Å². The Morgan fingerprint density at radius 2 is 1.85 bits per heavy atom. The van der Waals surface area contributed by atoms with Crippen molar-refractivity contribution in [3.05, 3.63) is 30.5 Å². The summed E-state index contributed by atoms with van der Waals surface area (Å²) in [6, 6.07) is -0.621. The normalized spacial score (nSPS) is 23.4. The topological polar surface area (TPSA) is 121 Å². The van der Waals surface area contributed by atoms with Crippen LogP contribution in [0, 0.1) is 16.0 Å². The van der Waals surface area contributed by atoms with E-state index in [0.717, 1.165) is 0 Å². The number of hydrogen-bond donors (Lipinski definition) is 2. The highest BCUT2D eigenvalue weighted by Gasteiger charge is 2.54. The van der Waals surface area contributed by atoms with Crippen molar-refractivity contribution < 1.29 is 14.8 Å². The van der Waals surface area contributed by atoms with E-state index >= 15 is 0 Å². The van der Waals surface area contributed by atoms with Crippen LogP contribution >= 0.6 is 46.4 Å². The molecule has 1 saturated carbocycles. The molecule has 2 saturated heterocycles. The number of aromatic nitrogens is 2. The number of nitrogens with zero attached hydrogens (tertiary/aromatic N) is 4. The van der Waals surface area contributed by atoms with E-state index in [0.29, 0.717) is 13.0 Å². The van der Waals surface area contributed by atoms with Gasteiger partial charge in [0.1, 0.15) is 21.9 Å². The van der Waals surface area contributed by atoms with E-state index in [-0.39, 0.29) is 55.1 Å². The quantitative estimate of drug-likeness (QED) is 0.404. The molecule has 2 aromatic rings. The van der Waals surface area contributed by atoms with Crippen molar-refractivity contribution in [2.45, 2.75) is 18.5 Å². The predicted molar refractivity (Wildman–Crippen MR) is 100 cm³/mol. The zero-order chi connectivity index (χ0) is 19.6. The van der Waals surface area contributed by atoms with Crippen LogP contribution < -0.4 is 5.32 Å². The third-order valence-electron chi connectivity index (χ3n) is 4.93. The third-order valence-corrected chi connectivity index (χ3v) is 6.40. The van der Waals surface area contributed by atoms with Gasteiger partial charge >= 0.3 is 11.8 Å². The van der Waals surface area contributed by atoms with Crippen LogP contribution in [0.2, 0.25) is 20.4 Å². The van der Waals surface area contributed by atoms with Crippen LogP contribution in [0.4, 0.5) is 16.2 Å². The second-order valence-corrected chi connectivity index (χ2v) is 7.75. The van der Waals surface area contributed by atoms with Gasteiger partial charge in [0.05, 0.1) is 27.1 Å². The van der Waals surface area contributed by atoms with Gasteiger partial charge in [0, 0.05) is 12.5 Å². The standard InChI is InChI=1S/C14H9Cl4N5O4/c15-5-6(16)12(17)21-9-8(5)20-13(18)11(23(26)27)10(9)19-7-3-1-4(7)22(2-3)14(24)25/h3-4,7H,1-2H2,(H,19,20)(H,24,25). The predicted octanol–water partition coefficient (Wildman–Crippen LogP) is 4.31. The first-order chi connectivity index (χ1) is 12.7.